The van der Waals surface area contributed by atoms with Gasteiger partial charge in [-0.15, -0.1) is 12.4 Å². The molecule has 0 bridgehead atoms. The van der Waals surface area contributed by atoms with Gasteiger partial charge < -0.3 is 15.2 Å². The molecule has 5 nitrogen and oxygen atoms in total. The van der Waals surface area contributed by atoms with Crippen LogP contribution in [0.25, 0.3) is 11.0 Å². The predicted octanol–water partition coefficient (Wildman–Crippen LogP) is 1.99. The van der Waals surface area contributed by atoms with E-state index in [2.05, 4.69) is 12.1 Å². The summed E-state index contributed by atoms with van der Waals surface area (Å²) < 4.78 is 5.23. The van der Waals surface area contributed by atoms with Gasteiger partial charge in [-0.1, -0.05) is 24.2 Å². The highest BCUT2D eigenvalue weighted by molar-refractivity contribution is 5.86. The standard InChI is InChI=1S/C15H19N3O2.ClH/c1-10-9-18(7-6-12(10)16)15(19)8-13-11-4-2-3-5-14(11)20-17-13;/h2-5,10,12H,6-9,16H2,1H3;1H. The number of benzene rings is 1. The molecule has 1 saturated heterocycles. The largest absolute Gasteiger partial charge is 0.356 e. The van der Waals surface area contributed by atoms with Gasteiger partial charge in [0.05, 0.1) is 6.42 Å². The Bertz CT molecular complexity index is 628. The molecule has 2 atom stereocenters. The van der Waals surface area contributed by atoms with E-state index in [-0.39, 0.29) is 24.4 Å². The van der Waals surface area contributed by atoms with Gasteiger partial charge in [-0.2, -0.15) is 0 Å². The lowest BCUT2D eigenvalue weighted by molar-refractivity contribution is -0.132. The van der Waals surface area contributed by atoms with E-state index in [0.717, 1.165) is 30.5 Å². The molecule has 1 fully saturated rings. The van der Waals surface area contributed by atoms with E-state index in [1.807, 2.05) is 29.2 Å². The molecule has 2 aromatic rings. The number of nitrogens with zero attached hydrogens (tertiary/aromatic N) is 2. The van der Waals surface area contributed by atoms with Gasteiger partial charge in [0.15, 0.2) is 5.58 Å². The number of likely N-dealkylation sites (tertiary alicyclic amines) is 1. The number of amides is 1. The quantitative estimate of drug-likeness (QED) is 0.921. The number of para-hydroxylation sites is 1. The molecule has 1 aliphatic heterocycles. The maximum atomic E-state index is 12.4. The van der Waals surface area contributed by atoms with Crippen molar-refractivity contribution < 1.29 is 9.32 Å². The maximum Gasteiger partial charge on any atom is 0.228 e. The molecule has 0 spiro atoms. The highest BCUT2D eigenvalue weighted by Gasteiger charge is 2.27. The first-order chi connectivity index (χ1) is 9.65. The van der Waals surface area contributed by atoms with Gasteiger partial charge >= 0.3 is 0 Å². The Morgan fingerprint density at radius 2 is 2.24 bits per heavy atom. The van der Waals surface area contributed by atoms with Gasteiger partial charge in [-0.05, 0) is 24.5 Å². The van der Waals surface area contributed by atoms with Crippen molar-refractivity contribution in [2.24, 2.45) is 11.7 Å². The third kappa shape index (κ3) is 3.19. The Morgan fingerprint density at radius 3 is 3.00 bits per heavy atom. The van der Waals surface area contributed by atoms with Crippen molar-refractivity contribution >= 4 is 29.3 Å². The van der Waals surface area contributed by atoms with E-state index in [0.29, 0.717) is 18.0 Å². The van der Waals surface area contributed by atoms with Crippen LogP contribution < -0.4 is 5.73 Å². The highest BCUT2D eigenvalue weighted by atomic mass is 35.5. The van der Waals surface area contributed by atoms with E-state index in [1.165, 1.54) is 0 Å². The Labute approximate surface area is 129 Å². The molecule has 1 aromatic carbocycles. The zero-order valence-corrected chi connectivity index (χ0v) is 12.8. The second-order valence-corrected chi connectivity index (χ2v) is 5.57. The number of piperidine rings is 1. The van der Waals surface area contributed by atoms with Crippen LogP contribution >= 0.6 is 12.4 Å². The number of carbonyl (C=O) groups is 1. The number of nitrogens with two attached hydrogens (primary N) is 1. The number of fused-ring (bicyclic) bond motifs is 1. The molecule has 0 saturated carbocycles. The summed E-state index contributed by atoms with van der Waals surface area (Å²) in [7, 11) is 0. The molecule has 1 aliphatic rings. The van der Waals surface area contributed by atoms with Crippen molar-refractivity contribution in [1.29, 1.82) is 0 Å². The van der Waals surface area contributed by atoms with Crippen molar-refractivity contribution in [3.63, 3.8) is 0 Å². The van der Waals surface area contributed by atoms with Crippen LogP contribution in [0.15, 0.2) is 28.8 Å². The van der Waals surface area contributed by atoms with Crippen molar-refractivity contribution in [3.05, 3.63) is 30.0 Å². The van der Waals surface area contributed by atoms with Crippen LogP contribution in [0.4, 0.5) is 0 Å². The smallest absolute Gasteiger partial charge is 0.228 e. The second-order valence-electron chi connectivity index (χ2n) is 5.57. The lowest BCUT2D eigenvalue weighted by Crippen LogP contribution is -2.48. The number of hydrogen-bond acceptors (Lipinski definition) is 4. The first-order valence-corrected chi connectivity index (χ1v) is 7.02. The molecule has 0 aliphatic carbocycles. The maximum absolute atomic E-state index is 12.4. The lowest BCUT2D eigenvalue weighted by atomic mass is 9.94. The van der Waals surface area contributed by atoms with Gasteiger partial charge in [0.25, 0.3) is 0 Å². The van der Waals surface area contributed by atoms with Crippen molar-refractivity contribution in [2.45, 2.75) is 25.8 Å². The minimum absolute atomic E-state index is 0. The van der Waals surface area contributed by atoms with Gasteiger partial charge in [-0.25, -0.2) is 0 Å². The normalized spacial score (nSPS) is 22.1. The van der Waals surface area contributed by atoms with Crippen LogP contribution in [0.2, 0.25) is 0 Å². The van der Waals surface area contributed by atoms with Crippen LogP contribution in [0.1, 0.15) is 19.0 Å². The number of carbonyl (C=O) groups excluding carboxylic acids is 1. The Balaban J connectivity index is 0.00000161. The summed E-state index contributed by atoms with van der Waals surface area (Å²) in [5.74, 6) is 0.449. The third-order valence-electron chi connectivity index (χ3n) is 4.10. The summed E-state index contributed by atoms with van der Waals surface area (Å²) in [5, 5.41) is 4.94. The van der Waals surface area contributed by atoms with Crippen LogP contribution in [-0.4, -0.2) is 35.1 Å². The van der Waals surface area contributed by atoms with Crippen molar-refractivity contribution in [2.75, 3.05) is 13.1 Å². The first kappa shape index (κ1) is 15.8. The van der Waals surface area contributed by atoms with Crippen molar-refractivity contribution in [1.82, 2.24) is 10.1 Å². The third-order valence-corrected chi connectivity index (χ3v) is 4.10. The summed E-state index contributed by atoms with van der Waals surface area (Å²) >= 11 is 0. The Hall–Kier alpha value is -1.59. The molecule has 1 amide bonds. The highest BCUT2D eigenvalue weighted by Crippen LogP contribution is 2.20. The van der Waals surface area contributed by atoms with E-state index in [9.17, 15) is 4.79 Å². The lowest BCUT2D eigenvalue weighted by Gasteiger charge is -2.35. The van der Waals surface area contributed by atoms with Crippen LogP contribution in [0.3, 0.4) is 0 Å². The van der Waals surface area contributed by atoms with Gasteiger partial charge in [-0.3, -0.25) is 4.79 Å². The minimum atomic E-state index is 0. The first-order valence-electron chi connectivity index (χ1n) is 7.02. The molecular weight excluding hydrogens is 290 g/mol. The van der Waals surface area contributed by atoms with E-state index in [1.54, 1.807) is 0 Å². The summed E-state index contributed by atoms with van der Waals surface area (Å²) in [6.07, 6.45) is 1.16. The van der Waals surface area contributed by atoms with Crippen LogP contribution in [0.5, 0.6) is 0 Å². The fourth-order valence-electron chi connectivity index (χ4n) is 2.71. The summed E-state index contributed by atoms with van der Waals surface area (Å²) in [6, 6.07) is 7.82. The number of hydrogen-bond donors (Lipinski definition) is 1. The van der Waals surface area contributed by atoms with Crippen molar-refractivity contribution in [3.8, 4) is 0 Å². The van der Waals surface area contributed by atoms with Crippen LogP contribution in [-0.2, 0) is 11.2 Å². The average molecular weight is 310 g/mol. The molecule has 2 unspecified atom stereocenters. The average Bonchev–Trinajstić information content (AvgIpc) is 2.85. The summed E-state index contributed by atoms with van der Waals surface area (Å²) in [5.41, 5.74) is 7.43. The molecule has 2 heterocycles. The molecule has 6 heteroatoms. The molecule has 21 heavy (non-hydrogen) atoms. The molecular formula is C15H20ClN3O2. The van der Waals surface area contributed by atoms with Gasteiger partial charge in [0, 0.05) is 24.5 Å². The second kappa shape index (κ2) is 6.45. The van der Waals surface area contributed by atoms with E-state index >= 15 is 0 Å². The molecule has 114 valence electrons. The zero-order valence-electron chi connectivity index (χ0n) is 12.0. The Morgan fingerprint density at radius 1 is 1.48 bits per heavy atom. The number of rotatable bonds is 2. The molecule has 2 N–H and O–H groups in total. The molecule has 1 aromatic heterocycles. The predicted molar refractivity (Wildman–Crippen MR) is 83.3 cm³/mol. The number of aromatic nitrogens is 1. The monoisotopic (exact) mass is 309 g/mol. The summed E-state index contributed by atoms with van der Waals surface area (Å²) in [6.45, 7) is 3.56. The van der Waals surface area contributed by atoms with Crippen LogP contribution in [0, 0.1) is 5.92 Å². The SMILES string of the molecule is CC1CN(C(=O)Cc2noc3ccccc23)CCC1N.Cl. The fraction of sp³-hybridized carbons (Fsp3) is 0.467. The minimum Gasteiger partial charge on any atom is -0.356 e. The topological polar surface area (TPSA) is 72.4 Å². The van der Waals surface area contributed by atoms with Gasteiger partial charge in [0.1, 0.15) is 5.69 Å². The van der Waals surface area contributed by atoms with Gasteiger partial charge in [0.2, 0.25) is 5.91 Å². The number of halogens is 1. The van der Waals surface area contributed by atoms with E-state index < -0.39 is 0 Å². The van der Waals surface area contributed by atoms with E-state index in [4.69, 9.17) is 10.3 Å². The molecule has 3 rings (SSSR count). The zero-order chi connectivity index (χ0) is 14.1. The molecule has 0 radical (unpaired) electrons. The Kier molecular flexibility index (Phi) is 4.85. The summed E-state index contributed by atoms with van der Waals surface area (Å²) in [4.78, 5) is 14.3. The fourth-order valence-corrected chi connectivity index (χ4v) is 2.71.